The van der Waals surface area contributed by atoms with Crippen LogP contribution in [0.1, 0.15) is 19.8 Å². The molecule has 0 N–H and O–H groups in total. The summed E-state index contributed by atoms with van der Waals surface area (Å²) >= 11 is 0. The van der Waals surface area contributed by atoms with E-state index in [1.54, 1.807) is 0 Å². The minimum absolute atomic E-state index is 0.142. The summed E-state index contributed by atoms with van der Waals surface area (Å²) in [4.78, 5) is 5.58. The maximum Gasteiger partial charge on any atom is 0.210 e. The largest absolute Gasteiger partial charge is 0.370 e. The Hall–Kier alpha value is -2.61. The molecular weight excluding hydrogens is 401 g/mol. The van der Waals surface area contributed by atoms with Gasteiger partial charge in [-0.15, -0.1) is 0 Å². The van der Waals surface area contributed by atoms with Crippen molar-refractivity contribution in [2.75, 3.05) is 18.0 Å². The minimum atomic E-state index is -4.21. The van der Waals surface area contributed by atoms with Crippen LogP contribution in [0.3, 0.4) is 0 Å². The number of rotatable bonds is 3. The number of aromatic nitrogens is 1. The van der Waals surface area contributed by atoms with Gasteiger partial charge >= 0.3 is 0 Å². The normalized spacial score (nSPS) is 15.8. The van der Waals surface area contributed by atoms with Gasteiger partial charge in [0.25, 0.3) is 0 Å². The molecule has 0 spiro atoms. The topological polar surface area (TPSA) is 50.3 Å². The van der Waals surface area contributed by atoms with Crippen LogP contribution in [-0.2, 0) is 9.84 Å². The molecule has 3 aromatic rings. The lowest BCUT2D eigenvalue weighted by molar-refractivity contribution is 0.437. The van der Waals surface area contributed by atoms with Crippen molar-refractivity contribution in [3.63, 3.8) is 0 Å². The molecule has 0 bridgehead atoms. The van der Waals surface area contributed by atoms with Crippen molar-refractivity contribution < 1.29 is 21.6 Å². The van der Waals surface area contributed by atoms with Gasteiger partial charge in [-0.3, -0.25) is 4.98 Å². The quantitative estimate of drug-likeness (QED) is 0.576. The van der Waals surface area contributed by atoms with Gasteiger partial charge in [0.1, 0.15) is 10.7 Å². The van der Waals surface area contributed by atoms with E-state index in [2.05, 4.69) is 11.9 Å². The smallest absolute Gasteiger partial charge is 0.210 e. The molecule has 1 saturated heterocycles. The van der Waals surface area contributed by atoms with E-state index in [1.165, 1.54) is 24.4 Å². The van der Waals surface area contributed by atoms with Crippen LogP contribution in [0, 0.1) is 23.4 Å². The second kappa shape index (κ2) is 7.33. The number of fused-ring (bicyclic) bond motifs is 1. The highest BCUT2D eigenvalue weighted by Crippen LogP contribution is 2.38. The van der Waals surface area contributed by atoms with E-state index in [-0.39, 0.29) is 9.79 Å². The van der Waals surface area contributed by atoms with Crippen LogP contribution in [0.5, 0.6) is 0 Å². The maximum absolute atomic E-state index is 14.0. The number of sulfone groups is 1. The summed E-state index contributed by atoms with van der Waals surface area (Å²) in [6, 6.07) is 6.47. The van der Waals surface area contributed by atoms with Gasteiger partial charge in [-0.1, -0.05) is 6.92 Å². The van der Waals surface area contributed by atoms with Crippen molar-refractivity contribution in [1.82, 2.24) is 4.98 Å². The maximum atomic E-state index is 14.0. The molecule has 1 aliphatic heterocycles. The first-order valence-corrected chi connectivity index (χ1v) is 10.8. The molecule has 0 radical (unpaired) electrons. The summed E-state index contributed by atoms with van der Waals surface area (Å²) in [5.74, 6) is -2.39. The fourth-order valence-corrected chi connectivity index (χ4v) is 5.10. The van der Waals surface area contributed by atoms with Crippen molar-refractivity contribution >= 4 is 26.4 Å². The highest BCUT2D eigenvalue weighted by atomic mass is 32.2. The zero-order chi connectivity index (χ0) is 20.8. The van der Waals surface area contributed by atoms with Crippen molar-refractivity contribution in [3.05, 3.63) is 60.0 Å². The summed E-state index contributed by atoms with van der Waals surface area (Å²) in [5, 5.41) is 0.378. The van der Waals surface area contributed by atoms with Gasteiger partial charge in [0, 0.05) is 24.7 Å². The zero-order valence-corrected chi connectivity index (χ0v) is 16.5. The average Bonchev–Trinajstić information content (AvgIpc) is 2.69. The Morgan fingerprint density at radius 2 is 1.72 bits per heavy atom. The van der Waals surface area contributed by atoms with Crippen LogP contribution < -0.4 is 4.90 Å². The van der Waals surface area contributed by atoms with E-state index in [1.807, 2.05) is 4.90 Å². The molecule has 1 fully saturated rings. The van der Waals surface area contributed by atoms with Crippen LogP contribution in [0.4, 0.5) is 18.9 Å². The molecule has 2 aromatic carbocycles. The predicted octanol–water partition coefficient (Wildman–Crippen LogP) is 4.72. The Balaban J connectivity index is 1.96. The summed E-state index contributed by atoms with van der Waals surface area (Å²) in [5.41, 5.74) is 0.815. The molecule has 4 rings (SSSR count). The fraction of sp³-hybridized carbons (Fsp3) is 0.286. The van der Waals surface area contributed by atoms with E-state index in [4.69, 9.17) is 0 Å². The number of hydrogen-bond donors (Lipinski definition) is 0. The molecule has 1 aromatic heterocycles. The van der Waals surface area contributed by atoms with E-state index in [9.17, 15) is 21.6 Å². The second-order valence-corrected chi connectivity index (χ2v) is 9.30. The molecular formula is C21H19F3N2O2S. The average molecular weight is 420 g/mol. The van der Waals surface area contributed by atoms with Gasteiger partial charge in [0.05, 0.1) is 16.1 Å². The number of pyridine rings is 1. The third-order valence-electron chi connectivity index (χ3n) is 5.36. The van der Waals surface area contributed by atoms with E-state index in [0.717, 1.165) is 25.0 Å². The first-order chi connectivity index (χ1) is 13.8. The molecule has 152 valence electrons. The predicted molar refractivity (Wildman–Crippen MR) is 104 cm³/mol. The highest BCUT2D eigenvalue weighted by molar-refractivity contribution is 7.91. The Bertz CT molecular complexity index is 1190. The number of benzene rings is 2. The number of nitrogens with zero attached hydrogens (tertiary/aromatic N) is 2. The molecule has 0 unspecified atom stereocenters. The molecule has 8 heteroatoms. The third-order valence-corrected chi connectivity index (χ3v) is 7.11. The van der Waals surface area contributed by atoms with Crippen molar-refractivity contribution in [1.29, 1.82) is 0 Å². The van der Waals surface area contributed by atoms with Gasteiger partial charge < -0.3 is 4.90 Å². The Morgan fingerprint density at radius 3 is 2.41 bits per heavy atom. The number of anilines is 1. The lowest BCUT2D eigenvalue weighted by Crippen LogP contribution is -2.34. The molecule has 0 atom stereocenters. The van der Waals surface area contributed by atoms with E-state index in [0.29, 0.717) is 41.7 Å². The summed E-state index contributed by atoms with van der Waals surface area (Å²) in [6.45, 7) is 3.34. The summed E-state index contributed by atoms with van der Waals surface area (Å²) in [7, 11) is -4.21. The fourth-order valence-electron chi connectivity index (χ4n) is 3.66. The van der Waals surface area contributed by atoms with Crippen LogP contribution in [0.25, 0.3) is 10.9 Å². The molecule has 0 aliphatic carbocycles. The molecule has 1 aliphatic rings. The van der Waals surface area contributed by atoms with Crippen LogP contribution in [0.15, 0.2) is 52.4 Å². The summed E-state index contributed by atoms with van der Waals surface area (Å²) < 4.78 is 67.6. The lowest BCUT2D eigenvalue weighted by Gasteiger charge is -2.34. The van der Waals surface area contributed by atoms with Crippen LogP contribution in [-0.4, -0.2) is 26.5 Å². The van der Waals surface area contributed by atoms with Gasteiger partial charge in [0.2, 0.25) is 9.84 Å². The van der Waals surface area contributed by atoms with E-state index < -0.39 is 27.3 Å². The van der Waals surface area contributed by atoms with E-state index >= 15 is 0 Å². The first-order valence-electron chi connectivity index (χ1n) is 9.30. The standard InChI is InChI=1S/C21H19F3N2O2S/c1-13-6-8-26(9-7-13)21-16-10-14(22)2-5-19(16)25-12-20(21)29(27,28)15-3-4-17(23)18(24)11-15/h2-5,10-13H,6-9H2,1H3. The lowest BCUT2D eigenvalue weighted by atomic mass is 9.98. The molecule has 4 nitrogen and oxygen atoms in total. The van der Waals surface area contributed by atoms with Crippen molar-refractivity contribution in [3.8, 4) is 0 Å². The Morgan fingerprint density at radius 1 is 1.00 bits per heavy atom. The van der Waals surface area contributed by atoms with Crippen LogP contribution in [0.2, 0.25) is 0 Å². The monoisotopic (exact) mass is 420 g/mol. The number of halogens is 3. The second-order valence-electron chi connectivity index (χ2n) is 7.38. The van der Waals surface area contributed by atoms with Crippen molar-refractivity contribution in [2.24, 2.45) is 5.92 Å². The number of hydrogen-bond acceptors (Lipinski definition) is 4. The molecule has 0 amide bonds. The molecule has 2 heterocycles. The van der Waals surface area contributed by atoms with Gasteiger partial charge in [-0.25, -0.2) is 21.6 Å². The summed E-state index contributed by atoms with van der Waals surface area (Å²) in [6.07, 6.45) is 2.94. The van der Waals surface area contributed by atoms with Crippen molar-refractivity contribution in [2.45, 2.75) is 29.6 Å². The highest BCUT2D eigenvalue weighted by Gasteiger charge is 2.29. The zero-order valence-electron chi connectivity index (χ0n) is 15.7. The Kier molecular flexibility index (Phi) is 4.98. The SMILES string of the molecule is CC1CCN(c2c(S(=O)(=O)c3ccc(F)c(F)c3)cnc3ccc(F)cc23)CC1. The third kappa shape index (κ3) is 3.57. The number of piperidine rings is 1. The van der Waals surface area contributed by atoms with Gasteiger partial charge in [-0.2, -0.15) is 0 Å². The molecule has 0 saturated carbocycles. The van der Waals surface area contributed by atoms with Gasteiger partial charge in [-0.05, 0) is 55.2 Å². The Labute approximate surface area is 166 Å². The first kappa shape index (κ1) is 19.7. The minimum Gasteiger partial charge on any atom is -0.370 e. The van der Waals surface area contributed by atoms with Gasteiger partial charge in [0.15, 0.2) is 11.6 Å². The van der Waals surface area contributed by atoms with Crippen LogP contribution >= 0.6 is 0 Å². The molecule has 29 heavy (non-hydrogen) atoms.